The van der Waals surface area contributed by atoms with E-state index >= 15 is 0 Å². The van der Waals surface area contributed by atoms with Crippen molar-refractivity contribution >= 4 is 21.8 Å². The van der Waals surface area contributed by atoms with Crippen LogP contribution in [0.15, 0.2) is 12.3 Å². The van der Waals surface area contributed by atoms with Crippen LogP contribution < -0.4 is 0 Å². The number of carbonyl (C=O) groups is 1. The van der Waals surface area contributed by atoms with Crippen molar-refractivity contribution in [3.05, 3.63) is 18.0 Å². The average molecular weight is 286 g/mol. The molecule has 1 unspecified atom stereocenters. The lowest BCUT2D eigenvalue weighted by Gasteiger charge is -2.16. The number of aryl methyl sites for hydroxylation is 1. The molecule has 4 nitrogen and oxygen atoms in total. The molecule has 0 saturated carbocycles. The molecule has 1 amide bonds. The second-order valence-corrected chi connectivity index (χ2v) is 5.02. The van der Waals surface area contributed by atoms with Crippen molar-refractivity contribution in [1.29, 1.82) is 0 Å². The summed E-state index contributed by atoms with van der Waals surface area (Å²) >= 11 is 3.45. The van der Waals surface area contributed by atoms with Gasteiger partial charge in [0.1, 0.15) is 5.69 Å². The van der Waals surface area contributed by atoms with E-state index in [-0.39, 0.29) is 5.91 Å². The zero-order valence-electron chi connectivity index (χ0n) is 9.40. The first kappa shape index (κ1) is 11.6. The van der Waals surface area contributed by atoms with Gasteiger partial charge in [-0.3, -0.25) is 9.48 Å². The second-order valence-electron chi connectivity index (χ2n) is 4.22. The molecule has 0 spiro atoms. The number of nitrogens with zero attached hydrogens (tertiary/aromatic N) is 3. The summed E-state index contributed by atoms with van der Waals surface area (Å²) in [6, 6.07) is 1.78. The van der Waals surface area contributed by atoms with Gasteiger partial charge in [-0.2, -0.15) is 5.10 Å². The van der Waals surface area contributed by atoms with Gasteiger partial charge < -0.3 is 4.90 Å². The van der Waals surface area contributed by atoms with E-state index < -0.39 is 0 Å². The number of hydrogen-bond acceptors (Lipinski definition) is 2. The standard InChI is InChI=1S/C11H16BrN3O/c1-14-10(3-6-13-14)11(16)15-7-4-9(8-15)2-5-12/h3,6,9H,2,4-5,7-8H2,1H3. The first-order valence-corrected chi connectivity index (χ1v) is 6.67. The van der Waals surface area contributed by atoms with Gasteiger partial charge in [-0.1, -0.05) is 15.9 Å². The van der Waals surface area contributed by atoms with E-state index in [1.54, 1.807) is 24.0 Å². The van der Waals surface area contributed by atoms with Gasteiger partial charge in [-0.05, 0) is 24.8 Å². The van der Waals surface area contributed by atoms with Gasteiger partial charge in [0.25, 0.3) is 5.91 Å². The summed E-state index contributed by atoms with van der Waals surface area (Å²) in [6.07, 6.45) is 3.93. The number of rotatable bonds is 3. The molecule has 1 fully saturated rings. The summed E-state index contributed by atoms with van der Waals surface area (Å²) in [5.41, 5.74) is 0.680. The molecule has 1 aromatic heterocycles. The number of likely N-dealkylation sites (tertiary alicyclic amines) is 1. The fourth-order valence-electron chi connectivity index (χ4n) is 2.15. The minimum atomic E-state index is 0.108. The number of carbonyl (C=O) groups excluding carboxylic acids is 1. The molecule has 0 N–H and O–H groups in total. The maximum absolute atomic E-state index is 12.1. The Kier molecular flexibility index (Phi) is 3.63. The van der Waals surface area contributed by atoms with Gasteiger partial charge in [-0.25, -0.2) is 0 Å². The van der Waals surface area contributed by atoms with Crippen molar-refractivity contribution in [3.63, 3.8) is 0 Å². The number of halogens is 1. The third kappa shape index (κ3) is 2.29. The molecule has 0 radical (unpaired) electrons. The van der Waals surface area contributed by atoms with Crippen LogP contribution >= 0.6 is 15.9 Å². The number of hydrogen-bond donors (Lipinski definition) is 0. The molecule has 16 heavy (non-hydrogen) atoms. The molecule has 0 aromatic carbocycles. The van der Waals surface area contributed by atoms with Gasteiger partial charge in [0, 0.05) is 31.7 Å². The monoisotopic (exact) mass is 285 g/mol. The van der Waals surface area contributed by atoms with E-state index in [1.807, 2.05) is 4.90 Å². The molecule has 1 saturated heterocycles. The third-order valence-electron chi connectivity index (χ3n) is 3.13. The number of amides is 1. The Morgan fingerprint density at radius 2 is 2.50 bits per heavy atom. The highest BCUT2D eigenvalue weighted by atomic mass is 79.9. The summed E-state index contributed by atoms with van der Waals surface area (Å²) in [6.45, 7) is 1.76. The first-order chi connectivity index (χ1) is 7.72. The molecular weight excluding hydrogens is 270 g/mol. The Balaban J connectivity index is 2.00. The van der Waals surface area contributed by atoms with Gasteiger partial charge >= 0.3 is 0 Å². The van der Waals surface area contributed by atoms with Crippen LogP contribution in [0.2, 0.25) is 0 Å². The molecule has 0 bridgehead atoms. The van der Waals surface area contributed by atoms with E-state index in [0.29, 0.717) is 11.6 Å². The van der Waals surface area contributed by atoms with E-state index in [1.165, 1.54) is 0 Å². The predicted molar refractivity (Wildman–Crippen MR) is 65.6 cm³/mol. The van der Waals surface area contributed by atoms with Crippen LogP contribution in [-0.2, 0) is 7.05 Å². The summed E-state index contributed by atoms with van der Waals surface area (Å²) in [7, 11) is 1.80. The van der Waals surface area contributed by atoms with Crippen molar-refractivity contribution in [1.82, 2.24) is 14.7 Å². The van der Waals surface area contributed by atoms with Gasteiger partial charge in [0.2, 0.25) is 0 Å². The third-order valence-corrected chi connectivity index (χ3v) is 3.59. The van der Waals surface area contributed by atoms with E-state index in [9.17, 15) is 4.79 Å². The molecule has 1 aliphatic heterocycles. The molecule has 1 aliphatic rings. The fourth-order valence-corrected chi connectivity index (χ4v) is 2.80. The lowest BCUT2D eigenvalue weighted by molar-refractivity contribution is 0.0776. The summed E-state index contributed by atoms with van der Waals surface area (Å²) in [5.74, 6) is 0.758. The van der Waals surface area contributed by atoms with Gasteiger partial charge in [0.15, 0.2) is 0 Å². The van der Waals surface area contributed by atoms with E-state index in [4.69, 9.17) is 0 Å². The zero-order chi connectivity index (χ0) is 11.5. The molecule has 1 atom stereocenters. The van der Waals surface area contributed by atoms with Crippen LogP contribution in [0.25, 0.3) is 0 Å². The average Bonchev–Trinajstić information content (AvgIpc) is 2.87. The van der Waals surface area contributed by atoms with Crippen LogP contribution in [0.3, 0.4) is 0 Å². The van der Waals surface area contributed by atoms with Gasteiger partial charge in [-0.15, -0.1) is 0 Å². The molecule has 2 heterocycles. The van der Waals surface area contributed by atoms with Crippen molar-refractivity contribution in [2.75, 3.05) is 18.4 Å². The van der Waals surface area contributed by atoms with Crippen molar-refractivity contribution in [2.24, 2.45) is 13.0 Å². The lowest BCUT2D eigenvalue weighted by atomic mass is 10.1. The highest BCUT2D eigenvalue weighted by molar-refractivity contribution is 9.09. The molecular formula is C11H16BrN3O. The second kappa shape index (κ2) is 4.99. The van der Waals surface area contributed by atoms with Crippen molar-refractivity contribution in [2.45, 2.75) is 12.8 Å². The van der Waals surface area contributed by atoms with Crippen LogP contribution in [0, 0.1) is 5.92 Å². The van der Waals surface area contributed by atoms with Gasteiger partial charge in [0.05, 0.1) is 0 Å². The van der Waals surface area contributed by atoms with Crippen LogP contribution in [0.4, 0.5) is 0 Å². The first-order valence-electron chi connectivity index (χ1n) is 5.55. The maximum Gasteiger partial charge on any atom is 0.272 e. The minimum Gasteiger partial charge on any atom is -0.337 e. The van der Waals surface area contributed by atoms with Crippen molar-refractivity contribution < 1.29 is 4.79 Å². The Hall–Kier alpha value is -0.840. The minimum absolute atomic E-state index is 0.108. The normalized spacial score (nSPS) is 20.4. The fraction of sp³-hybridized carbons (Fsp3) is 0.636. The SMILES string of the molecule is Cn1nccc1C(=O)N1CCC(CCBr)C1. The van der Waals surface area contributed by atoms with Crippen LogP contribution in [-0.4, -0.2) is 39.0 Å². The zero-order valence-corrected chi connectivity index (χ0v) is 11.0. The topological polar surface area (TPSA) is 38.1 Å². The molecule has 2 rings (SSSR count). The molecule has 1 aromatic rings. The Bertz CT molecular complexity index is 377. The van der Waals surface area contributed by atoms with E-state index in [2.05, 4.69) is 21.0 Å². The quantitative estimate of drug-likeness (QED) is 0.793. The Morgan fingerprint density at radius 1 is 1.69 bits per heavy atom. The maximum atomic E-state index is 12.1. The highest BCUT2D eigenvalue weighted by Gasteiger charge is 2.27. The Labute approximate surface area is 104 Å². The Morgan fingerprint density at radius 3 is 3.12 bits per heavy atom. The smallest absolute Gasteiger partial charge is 0.272 e. The largest absolute Gasteiger partial charge is 0.337 e. The summed E-state index contributed by atoms with van der Waals surface area (Å²) < 4.78 is 1.64. The molecule has 5 heteroatoms. The summed E-state index contributed by atoms with van der Waals surface area (Å²) in [4.78, 5) is 14.1. The molecule has 88 valence electrons. The van der Waals surface area contributed by atoms with Crippen molar-refractivity contribution in [3.8, 4) is 0 Å². The number of aromatic nitrogens is 2. The van der Waals surface area contributed by atoms with Crippen LogP contribution in [0.1, 0.15) is 23.3 Å². The number of alkyl halides is 1. The van der Waals surface area contributed by atoms with Crippen LogP contribution in [0.5, 0.6) is 0 Å². The summed E-state index contributed by atoms with van der Waals surface area (Å²) in [5, 5.41) is 5.05. The molecule has 0 aliphatic carbocycles. The highest BCUT2D eigenvalue weighted by Crippen LogP contribution is 2.21. The lowest BCUT2D eigenvalue weighted by Crippen LogP contribution is -2.30. The van der Waals surface area contributed by atoms with E-state index in [0.717, 1.165) is 31.3 Å². The predicted octanol–water partition coefficient (Wildman–Crippen LogP) is 1.67.